The Labute approximate surface area is 232 Å². The summed E-state index contributed by atoms with van der Waals surface area (Å²) in [6.45, 7) is 4.12. The Kier molecular flexibility index (Phi) is 7.26. The summed E-state index contributed by atoms with van der Waals surface area (Å²) < 4.78 is 21.0. The van der Waals surface area contributed by atoms with Gasteiger partial charge in [0.1, 0.15) is 23.9 Å². The molecule has 1 N–H and O–H groups in total. The Bertz CT molecular complexity index is 1560. The number of methoxy groups -OCH3 is 1. The zero-order valence-electron chi connectivity index (χ0n) is 21.8. The molecule has 1 amide bonds. The average Bonchev–Trinajstić information content (AvgIpc) is 3.48. The Morgan fingerprint density at radius 3 is 2.40 bits per heavy atom. The topological polar surface area (TPSA) is 142 Å². The number of fused-ring (bicyclic) bond motifs is 1. The Hall–Kier alpha value is -4.71. The molecule has 1 saturated heterocycles. The number of carbonyl (C=O) groups is 4. The third-order valence-corrected chi connectivity index (χ3v) is 7.50. The molecule has 0 radical (unpaired) electrons. The molecule has 12 heteroatoms. The number of hydrogen-bond donors (Lipinski definition) is 1. The lowest BCUT2D eigenvalue weighted by Crippen LogP contribution is -2.29. The van der Waals surface area contributed by atoms with E-state index in [4.69, 9.17) is 18.9 Å². The number of aryl methyl sites for hydroxylation is 1. The van der Waals surface area contributed by atoms with Crippen LogP contribution in [-0.4, -0.2) is 60.6 Å². The number of nitrogens with zero attached hydrogens (tertiary/aromatic N) is 2. The van der Waals surface area contributed by atoms with Crippen molar-refractivity contribution in [3.63, 3.8) is 0 Å². The van der Waals surface area contributed by atoms with E-state index < -0.39 is 35.4 Å². The van der Waals surface area contributed by atoms with Gasteiger partial charge in [-0.1, -0.05) is 23.5 Å². The van der Waals surface area contributed by atoms with Crippen molar-refractivity contribution in [2.24, 2.45) is 0 Å². The number of esters is 2. The van der Waals surface area contributed by atoms with Crippen LogP contribution in [0.2, 0.25) is 0 Å². The number of rotatable bonds is 6. The van der Waals surface area contributed by atoms with E-state index >= 15 is 0 Å². The molecule has 206 valence electrons. The summed E-state index contributed by atoms with van der Waals surface area (Å²) in [6, 6.07) is 9.65. The number of carbonyl (C=O) groups excluding carboxylic acids is 4. The van der Waals surface area contributed by atoms with E-state index in [1.807, 2.05) is 0 Å². The highest BCUT2D eigenvalue weighted by molar-refractivity contribution is 7.17. The van der Waals surface area contributed by atoms with Crippen LogP contribution in [0.1, 0.15) is 49.8 Å². The first-order valence-electron chi connectivity index (χ1n) is 12.3. The molecule has 0 aliphatic carbocycles. The highest BCUT2D eigenvalue weighted by Crippen LogP contribution is 2.44. The van der Waals surface area contributed by atoms with Gasteiger partial charge < -0.3 is 24.1 Å². The molecule has 2 aromatic carbocycles. The van der Waals surface area contributed by atoms with Gasteiger partial charge in [-0.3, -0.25) is 14.5 Å². The Morgan fingerprint density at radius 1 is 1.05 bits per heavy atom. The average molecular weight is 565 g/mol. The number of ketones is 1. The number of ether oxygens (including phenoxy) is 4. The number of aliphatic hydroxyl groups is 1. The molecular formula is C28H24N2O9S. The molecule has 1 atom stereocenters. The minimum Gasteiger partial charge on any atom is -0.507 e. The van der Waals surface area contributed by atoms with Crippen LogP contribution >= 0.6 is 11.3 Å². The molecule has 1 unspecified atom stereocenters. The molecule has 40 heavy (non-hydrogen) atoms. The Morgan fingerprint density at radius 2 is 1.73 bits per heavy atom. The molecule has 11 nitrogen and oxygen atoms in total. The van der Waals surface area contributed by atoms with Gasteiger partial charge in [0.05, 0.1) is 36.6 Å². The summed E-state index contributed by atoms with van der Waals surface area (Å²) >= 11 is 0.901. The summed E-state index contributed by atoms with van der Waals surface area (Å²) in [5.41, 5.74) is 1.03. The van der Waals surface area contributed by atoms with Gasteiger partial charge in [-0.05, 0) is 49.7 Å². The molecule has 0 bridgehead atoms. The first-order valence-corrected chi connectivity index (χ1v) is 13.1. The van der Waals surface area contributed by atoms with Crippen molar-refractivity contribution >= 4 is 45.9 Å². The van der Waals surface area contributed by atoms with Gasteiger partial charge in [-0.25, -0.2) is 14.6 Å². The SMILES string of the molecule is CCOC(=O)c1sc(N2C(=O)C(=O)/C(=C(/O)c3ccc4c(c3)OCCO4)C2c2ccc(C(=O)OC)cc2)nc1C. The summed E-state index contributed by atoms with van der Waals surface area (Å²) in [6.07, 6.45) is 0. The number of anilines is 1. The molecule has 5 rings (SSSR count). The first kappa shape index (κ1) is 26.9. The van der Waals surface area contributed by atoms with Crippen LogP contribution in [0.15, 0.2) is 48.0 Å². The predicted octanol–water partition coefficient (Wildman–Crippen LogP) is 3.81. The monoisotopic (exact) mass is 564 g/mol. The lowest BCUT2D eigenvalue weighted by Gasteiger charge is -2.23. The van der Waals surface area contributed by atoms with E-state index in [9.17, 15) is 24.3 Å². The third kappa shape index (κ3) is 4.66. The van der Waals surface area contributed by atoms with Gasteiger partial charge in [0.2, 0.25) is 0 Å². The zero-order valence-corrected chi connectivity index (χ0v) is 22.6. The van der Waals surface area contributed by atoms with Crippen LogP contribution in [0, 0.1) is 6.92 Å². The van der Waals surface area contributed by atoms with E-state index in [-0.39, 0.29) is 33.3 Å². The fraction of sp³-hybridized carbons (Fsp3) is 0.250. The fourth-order valence-electron chi connectivity index (χ4n) is 4.48. The second-order valence-corrected chi connectivity index (χ2v) is 9.75. The normalized spacial score (nSPS) is 17.6. The first-order chi connectivity index (χ1) is 19.2. The van der Waals surface area contributed by atoms with E-state index in [0.717, 1.165) is 16.2 Å². The van der Waals surface area contributed by atoms with Gasteiger partial charge in [0.25, 0.3) is 5.78 Å². The molecule has 1 aromatic heterocycles. The van der Waals surface area contributed by atoms with Crippen molar-refractivity contribution < 1.29 is 43.2 Å². The largest absolute Gasteiger partial charge is 0.507 e. The van der Waals surface area contributed by atoms with Crippen molar-refractivity contribution in [2.45, 2.75) is 19.9 Å². The van der Waals surface area contributed by atoms with E-state index in [1.165, 1.54) is 25.3 Å². The third-order valence-electron chi connectivity index (χ3n) is 6.36. The quantitative estimate of drug-likeness (QED) is 0.203. The van der Waals surface area contributed by atoms with Crippen LogP contribution in [-0.2, 0) is 19.1 Å². The maximum atomic E-state index is 13.5. The van der Waals surface area contributed by atoms with Crippen LogP contribution < -0.4 is 14.4 Å². The van der Waals surface area contributed by atoms with Crippen molar-refractivity contribution in [1.29, 1.82) is 0 Å². The van der Waals surface area contributed by atoms with Gasteiger partial charge in [-0.15, -0.1) is 0 Å². The van der Waals surface area contributed by atoms with Crippen LogP contribution in [0.4, 0.5) is 5.13 Å². The fourth-order valence-corrected chi connectivity index (χ4v) is 5.47. The Balaban J connectivity index is 1.66. The predicted molar refractivity (Wildman–Crippen MR) is 143 cm³/mol. The maximum Gasteiger partial charge on any atom is 0.350 e. The molecule has 1 fully saturated rings. The number of thiazole rings is 1. The van der Waals surface area contributed by atoms with Crippen molar-refractivity contribution in [3.05, 3.63) is 75.3 Å². The van der Waals surface area contributed by atoms with E-state index in [1.54, 1.807) is 38.1 Å². The molecule has 0 spiro atoms. The van der Waals surface area contributed by atoms with Crippen LogP contribution in [0.25, 0.3) is 5.76 Å². The van der Waals surface area contributed by atoms with Crippen molar-refractivity contribution in [2.75, 3.05) is 31.8 Å². The number of Topliss-reactive ketones (excluding diaryl/α,β-unsaturated/α-hetero) is 1. The van der Waals surface area contributed by atoms with E-state index in [0.29, 0.717) is 36.0 Å². The summed E-state index contributed by atoms with van der Waals surface area (Å²) in [5.74, 6) is -2.60. The summed E-state index contributed by atoms with van der Waals surface area (Å²) in [7, 11) is 1.25. The number of amides is 1. The number of aromatic nitrogens is 1. The molecular weight excluding hydrogens is 540 g/mol. The molecule has 2 aliphatic rings. The van der Waals surface area contributed by atoms with Gasteiger partial charge >= 0.3 is 17.8 Å². The molecule has 0 saturated carbocycles. The van der Waals surface area contributed by atoms with E-state index in [2.05, 4.69) is 4.98 Å². The van der Waals surface area contributed by atoms with Crippen LogP contribution in [0.5, 0.6) is 11.5 Å². The number of hydrogen-bond acceptors (Lipinski definition) is 11. The summed E-state index contributed by atoms with van der Waals surface area (Å²) in [4.78, 5) is 57.1. The zero-order chi connectivity index (χ0) is 28.6. The maximum absolute atomic E-state index is 13.5. The second-order valence-electron chi connectivity index (χ2n) is 8.77. The van der Waals surface area contributed by atoms with Gasteiger partial charge in [-0.2, -0.15) is 0 Å². The van der Waals surface area contributed by atoms with Crippen molar-refractivity contribution in [1.82, 2.24) is 4.98 Å². The minimum atomic E-state index is -1.12. The highest BCUT2D eigenvalue weighted by atomic mass is 32.1. The minimum absolute atomic E-state index is 0.0749. The molecule has 2 aliphatic heterocycles. The van der Waals surface area contributed by atoms with Gasteiger partial charge in [0.15, 0.2) is 16.6 Å². The second kappa shape index (κ2) is 10.8. The lowest BCUT2D eigenvalue weighted by atomic mass is 9.94. The number of benzene rings is 2. The van der Waals surface area contributed by atoms with Gasteiger partial charge in [0, 0.05) is 5.56 Å². The standard InChI is InChI=1S/C28H24N2O9S/c1-4-37-27(35)24-14(2)29-28(40-24)30-21(15-5-7-16(8-6-15)26(34)36-3)20(23(32)25(30)33)22(31)17-9-10-18-19(13-17)39-12-11-38-18/h5-10,13,21,31H,4,11-12H2,1-3H3/b22-20+. The van der Waals surface area contributed by atoms with Crippen molar-refractivity contribution in [3.8, 4) is 11.5 Å². The smallest absolute Gasteiger partial charge is 0.350 e. The molecule has 3 heterocycles. The molecule has 3 aromatic rings. The number of aliphatic hydroxyl groups excluding tert-OH is 1. The summed E-state index contributed by atoms with van der Waals surface area (Å²) in [5, 5.41) is 11.5. The van der Waals surface area contributed by atoms with Crippen LogP contribution in [0.3, 0.4) is 0 Å². The highest BCUT2D eigenvalue weighted by Gasteiger charge is 2.48. The lowest BCUT2D eigenvalue weighted by molar-refractivity contribution is -0.132.